The summed E-state index contributed by atoms with van der Waals surface area (Å²) >= 11 is 0. The first kappa shape index (κ1) is 32.2. The number of imidazole rings is 1. The van der Waals surface area contributed by atoms with Crippen molar-refractivity contribution in [3.05, 3.63) is 58.7 Å². The summed E-state index contributed by atoms with van der Waals surface area (Å²) in [7, 11) is 1.96. The van der Waals surface area contributed by atoms with E-state index in [1.807, 2.05) is 96.2 Å². The molecule has 1 saturated heterocycles. The fourth-order valence-corrected chi connectivity index (χ4v) is 4.86. The molecule has 0 aliphatic carbocycles. The van der Waals surface area contributed by atoms with Gasteiger partial charge in [-0.2, -0.15) is 0 Å². The molecule has 6 nitrogen and oxygen atoms in total. The van der Waals surface area contributed by atoms with Gasteiger partial charge in [0.2, 0.25) is 0 Å². The minimum Gasteiger partial charge on any atom is -0.336 e. The van der Waals surface area contributed by atoms with Gasteiger partial charge in [-0.3, -0.25) is 14.7 Å². The molecular formula is C32H48FN5O. The lowest BCUT2D eigenvalue weighted by atomic mass is 10.1. The molecule has 0 bridgehead atoms. The highest BCUT2D eigenvalue weighted by atomic mass is 19.1. The second-order valence-corrected chi connectivity index (χ2v) is 10.0. The van der Waals surface area contributed by atoms with E-state index in [0.29, 0.717) is 17.3 Å². The molecule has 0 radical (unpaired) electrons. The van der Waals surface area contributed by atoms with Gasteiger partial charge < -0.3 is 9.47 Å². The fraction of sp³-hybridized carbons (Fsp3) is 0.531. The van der Waals surface area contributed by atoms with E-state index in [0.717, 1.165) is 59.9 Å². The Bertz CT molecular complexity index is 1260. The van der Waals surface area contributed by atoms with Crippen LogP contribution in [0.4, 0.5) is 10.1 Å². The molecule has 1 aromatic heterocycles. The maximum absolute atomic E-state index is 14.6. The van der Waals surface area contributed by atoms with Crippen molar-refractivity contribution >= 4 is 28.3 Å². The van der Waals surface area contributed by atoms with Crippen molar-refractivity contribution in [2.24, 2.45) is 12.0 Å². The highest BCUT2D eigenvalue weighted by molar-refractivity contribution is 5.98. The number of fused-ring (bicyclic) bond motifs is 1. The summed E-state index contributed by atoms with van der Waals surface area (Å²) in [5, 5.41) is 0. The SMILES string of the molecule is CC.CC.CC(=Nc1c(C)cc(C)cc1F)C(C)c1nc2ccc(C(=O)N3CCN(C(C)C)CC3)cc2n1C. The summed E-state index contributed by atoms with van der Waals surface area (Å²) in [6.45, 7) is 23.4. The van der Waals surface area contributed by atoms with Crippen molar-refractivity contribution < 1.29 is 9.18 Å². The lowest BCUT2D eigenvalue weighted by molar-refractivity contribution is 0.0595. The number of aromatic nitrogens is 2. The normalized spacial score (nSPS) is 15.0. The highest BCUT2D eigenvalue weighted by Crippen LogP contribution is 2.28. The Morgan fingerprint density at radius 2 is 1.59 bits per heavy atom. The molecule has 1 amide bonds. The molecule has 7 heteroatoms. The van der Waals surface area contributed by atoms with Crippen molar-refractivity contribution in [3.63, 3.8) is 0 Å². The minimum absolute atomic E-state index is 0.0640. The fourth-order valence-electron chi connectivity index (χ4n) is 4.86. The van der Waals surface area contributed by atoms with Crippen LogP contribution in [0.3, 0.4) is 0 Å². The molecule has 2 heterocycles. The number of rotatable bonds is 5. The number of carbonyl (C=O) groups is 1. The van der Waals surface area contributed by atoms with Crippen molar-refractivity contribution in [2.45, 2.75) is 81.2 Å². The molecule has 3 aromatic rings. The summed E-state index contributed by atoms with van der Waals surface area (Å²) in [6.07, 6.45) is 0. The van der Waals surface area contributed by atoms with Crippen LogP contribution >= 0.6 is 0 Å². The van der Waals surface area contributed by atoms with Crippen LogP contribution in [0.25, 0.3) is 11.0 Å². The van der Waals surface area contributed by atoms with E-state index in [2.05, 4.69) is 23.7 Å². The van der Waals surface area contributed by atoms with E-state index < -0.39 is 0 Å². The number of piperazine rings is 1. The average molecular weight is 538 g/mol. The van der Waals surface area contributed by atoms with Crippen LogP contribution < -0.4 is 0 Å². The van der Waals surface area contributed by atoms with Crippen LogP contribution in [-0.4, -0.2) is 63.2 Å². The van der Waals surface area contributed by atoms with Crippen LogP contribution in [0.15, 0.2) is 35.3 Å². The molecular weight excluding hydrogens is 489 g/mol. The average Bonchev–Trinajstić information content (AvgIpc) is 3.27. The van der Waals surface area contributed by atoms with Gasteiger partial charge in [0.1, 0.15) is 17.3 Å². The van der Waals surface area contributed by atoms with E-state index >= 15 is 0 Å². The number of nitrogens with zero attached hydrogens (tertiary/aromatic N) is 5. The Morgan fingerprint density at radius 1 is 0.974 bits per heavy atom. The Hall–Kier alpha value is -3.06. The van der Waals surface area contributed by atoms with Gasteiger partial charge in [0.15, 0.2) is 0 Å². The summed E-state index contributed by atoms with van der Waals surface area (Å²) < 4.78 is 16.6. The van der Waals surface area contributed by atoms with Crippen molar-refractivity contribution in [2.75, 3.05) is 26.2 Å². The third-order valence-corrected chi connectivity index (χ3v) is 7.19. The van der Waals surface area contributed by atoms with Gasteiger partial charge in [-0.1, -0.05) is 40.7 Å². The zero-order valence-electron chi connectivity index (χ0n) is 25.9. The van der Waals surface area contributed by atoms with Crippen LogP contribution in [0.5, 0.6) is 0 Å². The smallest absolute Gasteiger partial charge is 0.254 e. The molecule has 1 aliphatic rings. The number of hydrogen-bond acceptors (Lipinski definition) is 4. The highest BCUT2D eigenvalue weighted by Gasteiger charge is 2.24. The molecule has 0 saturated carbocycles. The van der Waals surface area contributed by atoms with Crippen molar-refractivity contribution in [3.8, 4) is 0 Å². The van der Waals surface area contributed by atoms with Crippen LogP contribution in [0.1, 0.15) is 88.6 Å². The number of benzene rings is 2. The monoisotopic (exact) mass is 537 g/mol. The molecule has 0 N–H and O–H groups in total. The first-order valence-corrected chi connectivity index (χ1v) is 14.4. The van der Waals surface area contributed by atoms with Crippen LogP contribution in [-0.2, 0) is 7.05 Å². The predicted molar refractivity (Wildman–Crippen MR) is 163 cm³/mol. The molecule has 1 unspecified atom stereocenters. The second-order valence-electron chi connectivity index (χ2n) is 10.0. The third kappa shape index (κ3) is 7.33. The zero-order chi connectivity index (χ0) is 29.4. The largest absolute Gasteiger partial charge is 0.336 e. The topological polar surface area (TPSA) is 53.7 Å². The number of carbonyl (C=O) groups excluding carboxylic acids is 1. The van der Waals surface area contributed by atoms with Gasteiger partial charge >= 0.3 is 0 Å². The van der Waals surface area contributed by atoms with E-state index in [1.165, 1.54) is 6.07 Å². The minimum atomic E-state index is -0.309. The van der Waals surface area contributed by atoms with Crippen LogP contribution in [0.2, 0.25) is 0 Å². The molecule has 1 aliphatic heterocycles. The maximum Gasteiger partial charge on any atom is 0.254 e. The summed E-state index contributed by atoms with van der Waals surface area (Å²) in [4.78, 5) is 27.0. The van der Waals surface area contributed by atoms with E-state index in [4.69, 9.17) is 4.98 Å². The molecule has 214 valence electrons. The number of amides is 1. The lowest BCUT2D eigenvalue weighted by Gasteiger charge is -2.37. The number of hydrogen-bond donors (Lipinski definition) is 0. The number of aliphatic imine (C=N–C) groups is 1. The van der Waals surface area contributed by atoms with Gasteiger partial charge in [0.25, 0.3) is 5.91 Å². The molecule has 4 rings (SSSR count). The van der Waals surface area contributed by atoms with Gasteiger partial charge in [0, 0.05) is 50.5 Å². The first-order valence-electron chi connectivity index (χ1n) is 14.4. The molecule has 1 atom stereocenters. The van der Waals surface area contributed by atoms with Gasteiger partial charge in [-0.15, -0.1) is 0 Å². The standard InChI is InChI=1S/C28H36FN5O.2C2H6/c1-17(2)33-10-12-34(13-11-33)28(35)22-8-9-24-25(16-22)32(7)27(31-24)20(5)21(6)30-26-19(4)14-18(3)15-23(26)29;2*1-2/h8-9,14-17,20H,10-13H2,1-7H3;2*1-2H3. The van der Waals surface area contributed by atoms with Gasteiger partial charge in [-0.05, 0) is 70.0 Å². The quantitative estimate of drug-likeness (QED) is 0.318. The third-order valence-electron chi connectivity index (χ3n) is 7.19. The Morgan fingerprint density at radius 3 is 2.15 bits per heavy atom. The van der Waals surface area contributed by atoms with E-state index in [-0.39, 0.29) is 17.6 Å². The number of halogens is 1. The molecule has 0 spiro atoms. The van der Waals surface area contributed by atoms with Gasteiger partial charge in [0.05, 0.1) is 17.0 Å². The molecule has 1 fully saturated rings. The molecule has 2 aromatic carbocycles. The van der Waals surface area contributed by atoms with Crippen molar-refractivity contribution in [1.82, 2.24) is 19.4 Å². The zero-order valence-corrected chi connectivity index (χ0v) is 25.9. The van der Waals surface area contributed by atoms with E-state index in [1.54, 1.807) is 0 Å². The second kappa shape index (κ2) is 14.4. The Labute approximate surface area is 234 Å². The van der Waals surface area contributed by atoms with Crippen molar-refractivity contribution in [1.29, 1.82) is 0 Å². The Kier molecular flexibility index (Phi) is 11.8. The lowest BCUT2D eigenvalue weighted by Crippen LogP contribution is -2.50. The van der Waals surface area contributed by atoms with Crippen LogP contribution in [0, 0.1) is 19.7 Å². The Balaban J connectivity index is 0.00000127. The van der Waals surface area contributed by atoms with E-state index in [9.17, 15) is 9.18 Å². The predicted octanol–water partition coefficient (Wildman–Crippen LogP) is 7.44. The first-order chi connectivity index (χ1) is 18.6. The summed E-state index contributed by atoms with van der Waals surface area (Å²) in [5.41, 5.74) is 5.28. The summed E-state index contributed by atoms with van der Waals surface area (Å²) in [6, 6.07) is 9.67. The molecule has 39 heavy (non-hydrogen) atoms. The van der Waals surface area contributed by atoms with Gasteiger partial charge in [-0.25, -0.2) is 9.37 Å². The number of aryl methyl sites for hydroxylation is 3. The summed E-state index contributed by atoms with van der Waals surface area (Å²) in [5.74, 6) is 0.475. The maximum atomic E-state index is 14.6.